The minimum atomic E-state index is -0.389. The van der Waals surface area contributed by atoms with E-state index in [4.69, 9.17) is 4.74 Å². The van der Waals surface area contributed by atoms with Gasteiger partial charge >= 0.3 is 5.97 Å². The first kappa shape index (κ1) is 17.2. The van der Waals surface area contributed by atoms with Gasteiger partial charge in [0.15, 0.2) is 0 Å². The van der Waals surface area contributed by atoms with Crippen molar-refractivity contribution in [2.45, 2.75) is 6.92 Å². The van der Waals surface area contributed by atoms with Crippen molar-refractivity contribution < 1.29 is 19.1 Å². The van der Waals surface area contributed by atoms with Crippen molar-refractivity contribution in [3.05, 3.63) is 63.6 Å². The molecular weight excluding hydrogens is 388 g/mol. The number of nitrogens with one attached hydrogen (secondary N) is 1. The zero-order chi connectivity index (χ0) is 18.0. The Morgan fingerprint density at radius 3 is 2.44 bits per heavy atom. The lowest BCUT2D eigenvalue weighted by Crippen LogP contribution is -2.34. The summed E-state index contributed by atoms with van der Waals surface area (Å²) in [5.41, 5.74) is 1.91. The average molecular weight is 403 g/mol. The second kappa shape index (κ2) is 7.06. The van der Waals surface area contributed by atoms with Crippen LogP contribution in [0.1, 0.15) is 38.0 Å². The average Bonchev–Trinajstić information content (AvgIpc) is 2.84. The summed E-state index contributed by atoms with van der Waals surface area (Å²) in [5, 5.41) is 3.02. The maximum Gasteiger partial charge on any atom is 0.338 e. The third kappa shape index (κ3) is 3.41. The molecular formula is C18H15BrN2O4. The van der Waals surface area contributed by atoms with Crippen LogP contribution in [0.4, 0.5) is 5.69 Å². The second-order valence-corrected chi connectivity index (χ2v) is 6.28. The molecule has 1 N–H and O–H groups in total. The highest BCUT2D eigenvalue weighted by Crippen LogP contribution is 2.26. The number of hydrogen-bond donors (Lipinski definition) is 1. The molecule has 0 atom stereocenters. The smallest absolute Gasteiger partial charge is 0.338 e. The molecule has 2 amide bonds. The van der Waals surface area contributed by atoms with Gasteiger partial charge in [-0.15, -0.1) is 0 Å². The predicted molar refractivity (Wildman–Crippen MR) is 95.5 cm³/mol. The van der Waals surface area contributed by atoms with E-state index in [0.29, 0.717) is 29.0 Å². The second-order valence-electron chi connectivity index (χ2n) is 5.36. The SMILES string of the molecule is CCOC(=O)c1ccc(NCN2C(=O)c3ccc(Br)cc3C2=O)cc1. The molecule has 1 aliphatic heterocycles. The maximum absolute atomic E-state index is 12.4. The van der Waals surface area contributed by atoms with Crippen LogP contribution in [-0.2, 0) is 4.74 Å². The largest absolute Gasteiger partial charge is 0.462 e. The van der Waals surface area contributed by atoms with Crippen LogP contribution < -0.4 is 5.32 Å². The first-order valence-electron chi connectivity index (χ1n) is 7.68. The molecule has 0 fully saturated rings. The molecule has 25 heavy (non-hydrogen) atoms. The summed E-state index contributed by atoms with van der Waals surface area (Å²) in [6.07, 6.45) is 0. The van der Waals surface area contributed by atoms with Crippen molar-refractivity contribution in [2.24, 2.45) is 0 Å². The first-order valence-corrected chi connectivity index (χ1v) is 8.47. The normalized spacial score (nSPS) is 13.0. The fourth-order valence-corrected chi connectivity index (χ4v) is 2.88. The van der Waals surface area contributed by atoms with Gasteiger partial charge in [0.25, 0.3) is 11.8 Å². The van der Waals surface area contributed by atoms with E-state index in [1.807, 2.05) is 0 Å². The molecule has 3 rings (SSSR count). The van der Waals surface area contributed by atoms with Crippen LogP contribution in [0.2, 0.25) is 0 Å². The highest BCUT2D eigenvalue weighted by atomic mass is 79.9. The number of hydrogen-bond acceptors (Lipinski definition) is 5. The molecule has 1 heterocycles. The van der Waals surface area contributed by atoms with Crippen molar-refractivity contribution in [1.29, 1.82) is 0 Å². The van der Waals surface area contributed by atoms with Gasteiger partial charge in [-0.05, 0) is 49.4 Å². The fourth-order valence-electron chi connectivity index (χ4n) is 2.52. The summed E-state index contributed by atoms with van der Waals surface area (Å²) in [7, 11) is 0. The van der Waals surface area contributed by atoms with Crippen LogP contribution in [0.5, 0.6) is 0 Å². The van der Waals surface area contributed by atoms with E-state index in [1.54, 1.807) is 49.4 Å². The molecule has 128 valence electrons. The molecule has 0 saturated carbocycles. The van der Waals surface area contributed by atoms with Crippen LogP contribution >= 0.6 is 15.9 Å². The van der Waals surface area contributed by atoms with E-state index in [9.17, 15) is 14.4 Å². The van der Waals surface area contributed by atoms with Gasteiger partial charge in [-0.1, -0.05) is 15.9 Å². The fraction of sp³-hybridized carbons (Fsp3) is 0.167. The minimum Gasteiger partial charge on any atom is -0.462 e. The number of halogens is 1. The third-order valence-electron chi connectivity index (χ3n) is 3.77. The molecule has 0 radical (unpaired) electrons. The van der Waals surface area contributed by atoms with Crippen molar-refractivity contribution >= 4 is 39.4 Å². The first-order chi connectivity index (χ1) is 12.0. The number of esters is 1. The summed E-state index contributed by atoms with van der Waals surface area (Å²) in [4.78, 5) is 37.5. The Labute approximate surface area is 152 Å². The Kier molecular flexibility index (Phi) is 4.85. The number of anilines is 1. The van der Waals surface area contributed by atoms with Gasteiger partial charge in [0.2, 0.25) is 0 Å². The maximum atomic E-state index is 12.4. The predicted octanol–water partition coefficient (Wildman–Crippen LogP) is 3.29. The summed E-state index contributed by atoms with van der Waals surface area (Å²) in [5.74, 6) is -1.06. The number of imide groups is 1. The molecule has 0 bridgehead atoms. The van der Waals surface area contributed by atoms with Gasteiger partial charge in [0.05, 0.1) is 30.0 Å². The molecule has 2 aromatic rings. The lowest BCUT2D eigenvalue weighted by molar-refractivity contribution is 0.0525. The number of nitrogens with zero attached hydrogens (tertiary/aromatic N) is 1. The molecule has 0 aromatic heterocycles. The number of amides is 2. The van der Waals surface area contributed by atoms with Gasteiger partial charge in [-0.25, -0.2) is 4.79 Å². The quantitative estimate of drug-likeness (QED) is 0.613. The van der Waals surface area contributed by atoms with Gasteiger partial charge in [0.1, 0.15) is 0 Å². The van der Waals surface area contributed by atoms with E-state index in [1.165, 1.54) is 0 Å². The molecule has 0 unspecified atom stereocenters. The number of rotatable bonds is 5. The van der Waals surface area contributed by atoms with Gasteiger partial charge < -0.3 is 10.1 Å². The Balaban J connectivity index is 1.67. The van der Waals surface area contributed by atoms with Crippen molar-refractivity contribution in [2.75, 3.05) is 18.6 Å². The Bertz CT molecular complexity index is 849. The molecule has 7 heteroatoms. The lowest BCUT2D eigenvalue weighted by atomic mass is 10.1. The number of benzene rings is 2. The van der Waals surface area contributed by atoms with Crippen LogP contribution in [0.3, 0.4) is 0 Å². The van der Waals surface area contributed by atoms with Crippen molar-refractivity contribution in [3.63, 3.8) is 0 Å². The van der Waals surface area contributed by atoms with E-state index in [2.05, 4.69) is 21.2 Å². The number of fused-ring (bicyclic) bond motifs is 1. The molecule has 2 aromatic carbocycles. The standard InChI is InChI=1S/C18H15BrN2O4/c1-2-25-18(24)11-3-6-13(7-4-11)20-10-21-16(22)14-8-5-12(19)9-15(14)17(21)23/h3-9,20H,2,10H2,1H3. The zero-order valence-electron chi connectivity index (χ0n) is 13.4. The third-order valence-corrected chi connectivity index (χ3v) is 4.26. The van der Waals surface area contributed by atoms with Gasteiger partial charge in [-0.3, -0.25) is 14.5 Å². The monoisotopic (exact) mass is 402 g/mol. The Hall–Kier alpha value is -2.67. The van der Waals surface area contributed by atoms with E-state index in [0.717, 1.165) is 9.37 Å². The summed E-state index contributed by atoms with van der Waals surface area (Å²) < 4.78 is 5.67. The van der Waals surface area contributed by atoms with Gasteiger partial charge in [-0.2, -0.15) is 0 Å². The number of carbonyl (C=O) groups excluding carboxylic acids is 3. The summed E-state index contributed by atoms with van der Waals surface area (Å²) >= 11 is 3.30. The lowest BCUT2D eigenvalue weighted by Gasteiger charge is -2.15. The van der Waals surface area contributed by atoms with E-state index < -0.39 is 0 Å². The Morgan fingerprint density at radius 2 is 1.76 bits per heavy atom. The number of ether oxygens (including phenoxy) is 1. The van der Waals surface area contributed by atoms with Crippen LogP contribution in [0, 0.1) is 0 Å². The molecule has 6 nitrogen and oxygen atoms in total. The highest BCUT2D eigenvalue weighted by molar-refractivity contribution is 9.10. The molecule has 1 aliphatic rings. The Morgan fingerprint density at radius 1 is 1.08 bits per heavy atom. The van der Waals surface area contributed by atoms with Crippen LogP contribution in [-0.4, -0.2) is 36.0 Å². The van der Waals surface area contributed by atoms with Crippen LogP contribution in [0.15, 0.2) is 46.9 Å². The number of carbonyl (C=O) groups is 3. The van der Waals surface area contributed by atoms with E-state index >= 15 is 0 Å². The van der Waals surface area contributed by atoms with Crippen molar-refractivity contribution in [3.8, 4) is 0 Å². The summed E-state index contributed by atoms with van der Waals surface area (Å²) in [6.45, 7) is 2.10. The zero-order valence-corrected chi connectivity index (χ0v) is 15.0. The molecule has 0 spiro atoms. The molecule has 0 aliphatic carbocycles. The van der Waals surface area contributed by atoms with Crippen molar-refractivity contribution in [1.82, 2.24) is 4.90 Å². The van der Waals surface area contributed by atoms with Gasteiger partial charge in [0, 0.05) is 10.2 Å². The van der Waals surface area contributed by atoms with E-state index in [-0.39, 0.29) is 24.5 Å². The topological polar surface area (TPSA) is 75.7 Å². The summed E-state index contributed by atoms with van der Waals surface area (Å²) in [6, 6.07) is 11.6. The molecule has 0 saturated heterocycles. The minimum absolute atomic E-state index is 0.0444. The van der Waals surface area contributed by atoms with Crippen LogP contribution in [0.25, 0.3) is 0 Å². The highest BCUT2D eigenvalue weighted by Gasteiger charge is 2.35.